The lowest BCUT2D eigenvalue weighted by Gasteiger charge is -2.37. The zero-order valence-corrected chi connectivity index (χ0v) is 15.5. The van der Waals surface area contributed by atoms with Crippen LogP contribution < -0.4 is 15.0 Å². The van der Waals surface area contributed by atoms with E-state index in [2.05, 4.69) is 27.1 Å². The zero-order chi connectivity index (χ0) is 18.3. The van der Waals surface area contributed by atoms with Crippen molar-refractivity contribution in [1.29, 1.82) is 0 Å². The van der Waals surface area contributed by atoms with Crippen LogP contribution in [0.15, 0.2) is 24.3 Å². The Labute approximate surface area is 151 Å². The number of rotatable bonds is 7. The van der Waals surface area contributed by atoms with E-state index in [4.69, 9.17) is 11.2 Å². The van der Waals surface area contributed by atoms with Gasteiger partial charge in [-0.05, 0) is 25.0 Å². The molecule has 1 aliphatic heterocycles. The van der Waals surface area contributed by atoms with E-state index >= 15 is 0 Å². The van der Waals surface area contributed by atoms with Crippen molar-refractivity contribution in [3.63, 3.8) is 0 Å². The number of ether oxygens (including phenoxy) is 1. The highest BCUT2D eigenvalue weighted by Crippen LogP contribution is 2.28. The summed E-state index contributed by atoms with van der Waals surface area (Å²) in [5.41, 5.74) is 0.591. The highest BCUT2D eigenvalue weighted by molar-refractivity contribution is 5.79. The van der Waals surface area contributed by atoms with Crippen molar-refractivity contribution in [3.05, 3.63) is 24.3 Å². The Balaban J connectivity index is 1.88. The first-order valence-corrected chi connectivity index (χ1v) is 8.96. The van der Waals surface area contributed by atoms with Crippen LogP contribution in [0.1, 0.15) is 26.7 Å². The molecule has 0 aliphatic carbocycles. The maximum Gasteiger partial charge on any atom is 0.235 e. The minimum atomic E-state index is -0.518. The van der Waals surface area contributed by atoms with E-state index in [9.17, 15) is 4.79 Å². The summed E-state index contributed by atoms with van der Waals surface area (Å²) in [6.07, 6.45) is 7.11. The van der Waals surface area contributed by atoms with Gasteiger partial charge in [0.15, 0.2) is 0 Å². The summed E-state index contributed by atoms with van der Waals surface area (Å²) in [6.45, 7) is 7.83. The summed E-state index contributed by atoms with van der Waals surface area (Å²) in [5.74, 6) is 3.65. The van der Waals surface area contributed by atoms with Gasteiger partial charge in [0.1, 0.15) is 11.3 Å². The molecule has 2 rings (SSSR count). The summed E-state index contributed by atoms with van der Waals surface area (Å²) >= 11 is 0. The van der Waals surface area contributed by atoms with Crippen molar-refractivity contribution in [1.82, 2.24) is 10.2 Å². The van der Waals surface area contributed by atoms with E-state index in [0.717, 1.165) is 50.5 Å². The maximum atomic E-state index is 12.4. The van der Waals surface area contributed by atoms with E-state index in [0.29, 0.717) is 6.54 Å². The quantitative estimate of drug-likeness (QED) is 0.771. The van der Waals surface area contributed by atoms with Gasteiger partial charge in [0.05, 0.1) is 19.3 Å². The fourth-order valence-electron chi connectivity index (χ4n) is 3.21. The molecule has 1 aromatic rings. The fourth-order valence-corrected chi connectivity index (χ4v) is 3.21. The number of amides is 1. The lowest BCUT2D eigenvalue weighted by Crippen LogP contribution is -2.53. The van der Waals surface area contributed by atoms with Crippen LogP contribution in [0, 0.1) is 12.3 Å². The van der Waals surface area contributed by atoms with Gasteiger partial charge < -0.3 is 15.0 Å². The van der Waals surface area contributed by atoms with Crippen LogP contribution in [-0.4, -0.2) is 56.2 Å². The Kier molecular flexibility index (Phi) is 6.72. The molecule has 0 aromatic heterocycles. The highest BCUT2D eigenvalue weighted by Gasteiger charge is 2.27. The number of hydrogen-bond acceptors (Lipinski definition) is 4. The Bertz CT molecular complexity index is 612. The molecule has 1 amide bonds. The van der Waals surface area contributed by atoms with Crippen LogP contribution in [0.3, 0.4) is 0 Å². The van der Waals surface area contributed by atoms with Crippen molar-refractivity contribution < 1.29 is 9.53 Å². The molecule has 0 bridgehead atoms. The number of carbonyl (C=O) groups excluding carboxylic acids is 1. The molecule has 136 valence electrons. The van der Waals surface area contributed by atoms with Crippen molar-refractivity contribution >= 4 is 11.6 Å². The van der Waals surface area contributed by atoms with Crippen LogP contribution in [0.25, 0.3) is 0 Å². The second-order valence-corrected chi connectivity index (χ2v) is 6.42. The van der Waals surface area contributed by atoms with E-state index in [1.54, 1.807) is 7.11 Å². The third-order valence-corrected chi connectivity index (χ3v) is 5.03. The topological polar surface area (TPSA) is 44.8 Å². The SMILES string of the molecule is C#CC(CC)(CC)NC(=O)CN1CCN(c2ccccc2OC)CC1. The second-order valence-electron chi connectivity index (χ2n) is 6.42. The van der Waals surface area contributed by atoms with Gasteiger partial charge in [0.25, 0.3) is 0 Å². The molecule has 0 atom stereocenters. The minimum Gasteiger partial charge on any atom is -0.495 e. The number of benzene rings is 1. The number of nitrogens with zero attached hydrogens (tertiary/aromatic N) is 2. The minimum absolute atomic E-state index is 0.00684. The van der Waals surface area contributed by atoms with Gasteiger partial charge in [0, 0.05) is 26.2 Å². The van der Waals surface area contributed by atoms with Crippen LogP contribution in [0.5, 0.6) is 5.75 Å². The van der Waals surface area contributed by atoms with E-state index in [1.807, 2.05) is 32.0 Å². The first-order chi connectivity index (χ1) is 12.1. The molecule has 1 fully saturated rings. The van der Waals surface area contributed by atoms with Crippen LogP contribution >= 0.6 is 0 Å². The van der Waals surface area contributed by atoms with Crippen molar-refractivity contribution in [2.24, 2.45) is 0 Å². The molecule has 1 saturated heterocycles. The van der Waals surface area contributed by atoms with Crippen LogP contribution in [-0.2, 0) is 4.79 Å². The number of terminal acetylenes is 1. The largest absolute Gasteiger partial charge is 0.495 e. The molecule has 5 heteroatoms. The third-order valence-electron chi connectivity index (χ3n) is 5.03. The van der Waals surface area contributed by atoms with Gasteiger partial charge in [-0.2, -0.15) is 0 Å². The summed E-state index contributed by atoms with van der Waals surface area (Å²) in [4.78, 5) is 16.9. The zero-order valence-electron chi connectivity index (χ0n) is 15.5. The Morgan fingerprint density at radius 1 is 1.24 bits per heavy atom. The predicted octanol–water partition coefficient (Wildman–Crippen LogP) is 2.13. The monoisotopic (exact) mass is 343 g/mol. The number of para-hydroxylation sites is 2. The molecule has 0 spiro atoms. The third kappa shape index (κ3) is 4.67. The molecule has 25 heavy (non-hydrogen) atoms. The summed E-state index contributed by atoms with van der Waals surface area (Å²) in [7, 11) is 1.69. The number of methoxy groups -OCH3 is 1. The number of hydrogen-bond donors (Lipinski definition) is 1. The van der Waals surface area contributed by atoms with Gasteiger partial charge in [0.2, 0.25) is 5.91 Å². The summed E-state index contributed by atoms with van der Waals surface area (Å²) in [5, 5.41) is 3.04. The predicted molar refractivity (Wildman–Crippen MR) is 102 cm³/mol. The second kappa shape index (κ2) is 8.77. The number of piperazine rings is 1. The number of nitrogens with one attached hydrogen (secondary N) is 1. The average Bonchev–Trinajstić information content (AvgIpc) is 2.67. The standard InChI is InChI=1S/C20H29N3O2/c1-5-20(6-2,7-3)21-19(24)16-22-12-14-23(15-13-22)17-10-8-9-11-18(17)25-4/h1,8-11H,6-7,12-16H2,2-4H3,(H,21,24). The highest BCUT2D eigenvalue weighted by atomic mass is 16.5. The normalized spacial score (nSPS) is 15.5. The van der Waals surface area contributed by atoms with Gasteiger partial charge >= 0.3 is 0 Å². The fraction of sp³-hybridized carbons (Fsp3) is 0.550. The molecule has 1 N–H and O–H groups in total. The Morgan fingerprint density at radius 3 is 2.44 bits per heavy atom. The Morgan fingerprint density at radius 2 is 1.88 bits per heavy atom. The molecule has 0 radical (unpaired) electrons. The first-order valence-electron chi connectivity index (χ1n) is 8.96. The molecule has 1 aliphatic rings. The van der Waals surface area contributed by atoms with Gasteiger partial charge in [-0.15, -0.1) is 6.42 Å². The van der Waals surface area contributed by atoms with Gasteiger partial charge in [-0.1, -0.05) is 31.9 Å². The summed E-state index contributed by atoms with van der Waals surface area (Å²) in [6, 6.07) is 8.05. The van der Waals surface area contributed by atoms with E-state index in [1.165, 1.54) is 0 Å². The molecule has 5 nitrogen and oxygen atoms in total. The lowest BCUT2D eigenvalue weighted by molar-refractivity contribution is -0.123. The molecular weight excluding hydrogens is 314 g/mol. The lowest BCUT2D eigenvalue weighted by atomic mass is 9.94. The summed E-state index contributed by atoms with van der Waals surface area (Å²) < 4.78 is 5.44. The van der Waals surface area contributed by atoms with Crippen LogP contribution in [0.4, 0.5) is 5.69 Å². The molecule has 1 heterocycles. The van der Waals surface area contributed by atoms with Crippen molar-refractivity contribution in [2.75, 3.05) is 44.7 Å². The average molecular weight is 343 g/mol. The van der Waals surface area contributed by atoms with Crippen LogP contribution in [0.2, 0.25) is 0 Å². The molecular formula is C20H29N3O2. The molecule has 0 saturated carbocycles. The maximum absolute atomic E-state index is 12.4. The molecule has 1 aromatic carbocycles. The number of anilines is 1. The van der Waals surface area contributed by atoms with Gasteiger partial charge in [-0.25, -0.2) is 0 Å². The van der Waals surface area contributed by atoms with Gasteiger partial charge in [-0.3, -0.25) is 9.69 Å². The van der Waals surface area contributed by atoms with E-state index < -0.39 is 5.54 Å². The molecule has 0 unspecified atom stereocenters. The number of carbonyl (C=O) groups is 1. The Hall–Kier alpha value is -2.19. The first kappa shape index (κ1) is 19.1. The smallest absolute Gasteiger partial charge is 0.235 e. The van der Waals surface area contributed by atoms with Crippen molar-refractivity contribution in [3.8, 4) is 18.1 Å². The van der Waals surface area contributed by atoms with E-state index in [-0.39, 0.29) is 5.91 Å². The van der Waals surface area contributed by atoms with Crippen molar-refractivity contribution in [2.45, 2.75) is 32.2 Å².